The van der Waals surface area contributed by atoms with Crippen molar-refractivity contribution in [2.75, 3.05) is 36.9 Å². The van der Waals surface area contributed by atoms with E-state index >= 15 is 0 Å². The minimum atomic E-state index is -0.259. The summed E-state index contributed by atoms with van der Waals surface area (Å²) in [6.07, 6.45) is 7.47. The first-order valence-electron chi connectivity index (χ1n) is 12.3. The van der Waals surface area contributed by atoms with Gasteiger partial charge in [-0.2, -0.15) is 0 Å². The summed E-state index contributed by atoms with van der Waals surface area (Å²) in [5, 5.41) is 5.87. The average molecular weight is 460 g/mol. The molecular weight excluding hydrogens is 422 g/mol. The molecule has 2 fully saturated rings. The van der Waals surface area contributed by atoms with E-state index in [0.717, 1.165) is 51.6 Å². The Morgan fingerprint density at radius 2 is 1.42 bits per heavy atom. The molecule has 0 radical (unpaired) electrons. The Balaban J connectivity index is 1.70. The van der Waals surface area contributed by atoms with Crippen LogP contribution in [0.2, 0.25) is 0 Å². The van der Waals surface area contributed by atoms with E-state index in [1.165, 1.54) is 6.42 Å². The van der Waals surface area contributed by atoms with Crippen LogP contribution < -0.4 is 20.1 Å². The molecule has 2 N–H and O–H groups in total. The smallest absolute Gasteiger partial charge is 0.227 e. The molecule has 1 aliphatic carbocycles. The van der Waals surface area contributed by atoms with Crippen LogP contribution in [-0.2, 0) is 14.4 Å². The number of carbonyl (C=O) groups excluding carboxylic acids is 3. The zero-order chi connectivity index (χ0) is 23.6. The van der Waals surface area contributed by atoms with Crippen molar-refractivity contribution in [3.63, 3.8) is 0 Å². The topological polar surface area (TPSA) is 97.0 Å². The number of hydrogen-bond donors (Lipinski definition) is 2. The van der Waals surface area contributed by atoms with Gasteiger partial charge in [-0.05, 0) is 39.5 Å². The second-order valence-corrected chi connectivity index (χ2v) is 8.67. The molecule has 1 saturated heterocycles. The lowest BCUT2D eigenvalue weighted by atomic mass is 9.88. The lowest BCUT2D eigenvalue weighted by Crippen LogP contribution is -2.28. The summed E-state index contributed by atoms with van der Waals surface area (Å²) in [6, 6.07) is 3.39. The van der Waals surface area contributed by atoms with Gasteiger partial charge in [0, 0.05) is 44.0 Å². The number of amides is 3. The van der Waals surface area contributed by atoms with Gasteiger partial charge in [-0.3, -0.25) is 14.4 Å². The normalized spacial score (nSPS) is 16.4. The van der Waals surface area contributed by atoms with Gasteiger partial charge in [0.25, 0.3) is 0 Å². The number of nitrogens with one attached hydrogen (secondary N) is 2. The lowest BCUT2D eigenvalue weighted by Gasteiger charge is -2.22. The van der Waals surface area contributed by atoms with Crippen molar-refractivity contribution in [3.8, 4) is 11.5 Å². The van der Waals surface area contributed by atoms with Gasteiger partial charge < -0.3 is 25.0 Å². The molecule has 2 aliphatic rings. The molecule has 0 aromatic heterocycles. The summed E-state index contributed by atoms with van der Waals surface area (Å²) in [4.78, 5) is 39.4. The predicted molar refractivity (Wildman–Crippen MR) is 128 cm³/mol. The Labute approximate surface area is 196 Å². The second kappa shape index (κ2) is 12.5. The maximum absolute atomic E-state index is 12.8. The monoisotopic (exact) mass is 459 g/mol. The van der Waals surface area contributed by atoms with Crippen LogP contribution >= 0.6 is 0 Å². The predicted octanol–water partition coefficient (Wildman–Crippen LogP) is 4.34. The van der Waals surface area contributed by atoms with Gasteiger partial charge in [-0.1, -0.05) is 19.3 Å². The molecule has 1 aromatic rings. The number of ether oxygens (including phenoxy) is 2. The number of anilines is 2. The second-order valence-electron chi connectivity index (χ2n) is 8.67. The maximum Gasteiger partial charge on any atom is 0.227 e. The summed E-state index contributed by atoms with van der Waals surface area (Å²) in [5.74, 6) is 0.702. The van der Waals surface area contributed by atoms with Crippen LogP contribution in [-0.4, -0.2) is 48.9 Å². The highest BCUT2D eigenvalue weighted by Gasteiger charge is 2.24. The molecule has 8 heteroatoms. The van der Waals surface area contributed by atoms with Crippen molar-refractivity contribution in [1.82, 2.24) is 4.90 Å². The highest BCUT2D eigenvalue weighted by Crippen LogP contribution is 2.38. The molecule has 0 bridgehead atoms. The standard InChI is InChI=1S/C25H37N3O5/c1-3-32-21-17-20(27-25(31)18-10-6-5-7-11-18)22(33-4-2)16-19(21)26-23(29)12-13-24(30)28-14-8-9-15-28/h16-18H,3-15H2,1-2H3,(H,26,29)(H,27,31). The molecule has 0 atom stereocenters. The van der Waals surface area contributed by atoms with E-state index in [9.17, 15) is 14.4 Å². The van der Waals surface area contributed by atoms with Gasteiger partial charge in [-0.25, -0.2) is 0 Å². The third-order valence-electron chi connectivity index (χ3n) is 6.21. The van der Waals surface area contributed by atoms with Crippen molar-refractivity contribution >= 4 is 29.1 Å². The van der Waals surface area contributed by atoms with Crippen molar-refractivity contribution in [2.24, 2.45) is 5.92 Å². The van der Waals surface area contributed by atoms with Crippen LogP contribution in [0.25, 0.3) is 0 Å². The molecule has 182 valence electrons. The number of benzene rings is 1. The van der Waals surface area contributed by atoms with Crippen LogP contribution in [0.3, 0.4) is 0 Å². The Morgan fingerprint density at radius 3 is 2.00 bits per heavy atom. The molecule has 3 rings (SSSR count). The van der Waals surface area contributed by atoms with Gasteiger partial charge in [0.2, 0.25) is 17.7 Å². The van der Waals surface area contributed by atoms with Crippen LogP contribution in [0.15, 0.2) is 12.1 Å². The molecule has 8 nitrogen and oxygen atoms in total. The fourth-order valence-electron chi connectivity index (χ4n) is 4.46. The molecule has 1 saturated carbocycles. The number of nitrogens with zero attached hydrogens (tertiary/aromatic N) is 1. The molecule has 1 aromatic carbocycles. The van der Waals surface area contributed by atoms with E-state index in [1.807, 2.05) is 18.7 Å². The van der Waals surface area contributed by atoms with Crippen molar-refractivity contribution < 1.29 is 23.9 Å². The van der Waals surface area contributed by atoms with E-state index in [1.54, 1.807) is 12.1 Å². The van der Waals surface area contributed by atoms with Crippen LogP contribution in [0.4, 0.5) is 11.4 Å². The van der Waals surface area contributed by atoms with Gasteiger partial charge >= 0.3 is 0 Å². The zero-order valence-electron chi connectivity index (χ0n) is 19.9. The molecule has 1 aliphatic heterocycles. The van der Waals surface area contributed by atoms with Crippen LogP contribution in [0, 0.1) is 5.92 Å². The third-order valence-corrected chi connectivity index (χ3v) is 6.21. The molecule has 1 heterocycles. The van der Waals surface area contributed by atoms with Crippen molar-refractivity contribution in [2.45, 2.75) is 71.6 Å². The minimum absolute atomic E-state index is 0.00434. The Kier molecular flexibility index (Phi) is 9.39. The van der Waals surface area contributed by atoms with Crippen LogP contribution in [0.1, 0.15) is 71.6 Å². The number of hydrogen-bond acceptors (Lipinski definition) is 5. The fraction of sp³-hybridized carbons (Fsp3) is 0.640. The highest BCUT2D eigenvalue weighted by molar-refractivity contribution is 5.98. The summed E-state index contributed by atoms with van der Waals surface area (Å²) in [5.41, 5.74) is 1.01. The molecule has 33 heavy (non-hydrogen) atoms. The Bertz CT molecular complexity index is 830. The minimum Gasteiger partial charge on any atom is -0.492 e. The van der Waals surface area contributed by atoms with Crippen LogP contribution in [0.5, 0.6) is 11.5 Å². The first-order chi connectivity index (χ1) is 16.0. The van der Waals surface area contributed by atoms with Crippen molar-refractivity contribution in [3.05, 3.63) is 12.1 Å². The van der Waals surface area contributed by atoms with Crippen molar-refractivity contribution in [1.29, 1.82) is 0 Å². The van der Waals surface area contributed by atoms with Gasteiger partial charge in [0.15, 0.2) is 0 Å². The van der Waals surface area contributed by atoms with Gasteiger partial charge in [0.05, 0.1) is 24.6 Å². The quantitative estimate of drug-likeness (QED) is 0.542. The van der Waals surface area contributed by atoms with E-state index < -0.39 is 0 Å². The maximum atomic E-state index is 12.8. The summed E-state index contributed by atoms with van der Waals surface area (Å²) in [6.45, 7) is 6.10. The van der Waals surface area contributed by atoms with Gasteiger partial charge in [-0.15, -0.1) is 0 Å². The first kappa shape index (κ1) is 24.9. The first-order valence-corrected chi connectivity index (χ1v) is 12.3. The molecule has 0 spiro atoms. The molecule has 0 unspecified atom stereocenters. The number of likely N-dealkylation sites (tertiary alicyclic amines) is 1. The number of rotatable bonds is 10. The fourth-order valence-corrected chi connectivity index (χ4v) is 4.46. The highest BCUT2D eigenvalue weighted by atomic mass is 16.5. The SMILES string of the molecule is CCOc1cc(NC(=O)C2CCCCC2)c(OCC)cc1NC(=O)CCC(=O)N1CCCC1. The van der Waals surface area contributed by atoms with E-state index in [-0.39, 0.29) is 36.5 Å². The number of carbonyl (C=O) groups is 3. The van der Waals surface area contributed by atoms with E-state index in [0.29, 0.717) is 36.1 Å². The summed E-state index contributed by atoms with van der Waals surface area (Å²) >= 11 is 0. The Morgan fingerprint density at radius 1 is 0.848 bits per heavy atom. The van der Waals surface area contributed by atoms with Gasteiger partial charge in [0.1, 0.15) is 11.5 Å². The third kappa shape index (κ3) is 7.11. The average Bonchev–Trinajstić information content (AvgIpc) is 3.36. The van der Waals surface area contributed by atoms with E-state index in [2.05, 4.69) is 10.6 Å². The zero-order valence-corrected chi connectivity index (χ0v) is 19.9. The largest absolute Gasteiger partial charge is 0.492 e. The summed E-state index contributed by atoms with van der Waals surface area (Å²) < 4.78 is 11.5. The Hall–Kier alpha value is -2.77. The lowest BCUT2D eigenvalue weighted by molar-refractivity contribution is -0.131. The van der Waals surface area contributed by atoms with E-state index in [4.69, 9.17) is 9.47 Å². The molecule has 3 amide bonds. The molecular formula is C25H37N3O5. The summed E-state index contributed by atoms with van der Waals surface area (Å²) in [7, 11) is 0.